The van der Waals surface area contributed by atoms with Crippen molar-refractivity contribution in [3.8, 4) is 11.5 Å². The number of nitrogens with one attached hydrogen (secondary N) is 1. The second-order valence-corrected chi connectivity index (χ2v) is 9.30. The van der Waals surface area contributed by atoms with E-state index >= 15 is 0 Å². The lowest BCUT2D eigenvalue weighted by molar-refractivity contribution is -0.113. The van der Waals surface area contributed by atoms with Gasteiger partial charge in [0.2, 0.25) is 11.8 Å². The Bertz CT molecular complexity index is 1160. The summed E-state index contributed by atoms with van der Waals surface area (Å²) in [4.78, 5) is 16.6. The summed E-state index contributed by atoms with van der Waals surface area (Å²) in [6.07, 6.45) is 0. The second kappa shape index (κ2) is 8.21. The van der Waals surface area contributed by atoms with Gasteiger partial charge < -0.3 is 9.73 Å². The number of aryl methyl sites for hydroxylation is 4. The maximum atomic E-state index is 12.6. The molecule has 0 aliphatic rings. The van der Waals surface area contributed by atoms with Crippen LogP contribution < -0.4 is 5.32 Å². The lowest BCUT2D eigenvalue weighted by Crippen LogP contribution is -2.24. The highest BCUT2D eigenvalue weighted by Gasteiger charge is 2.23. The normalized spacial score (nSPS) is 11.4. The first-order chi connectivity index (χ1) is 13.6. The van der Waals surface area contributed by atoms with Gasteiger partial charge in [-0.25, -0.2) is 13.4 Å². The summed E-state index contributed by atoms with van der Waals surface area (Å²) >= 11 is 0. The number of nitrogens with zero attached hydrogens (tertiary/aromatic N) is 1. The molecule has 0 aliphatic carbocycles. The summed E-state index contributed by atoms with van der Waals surface area (Å²) in [7, 11) is -3.71. The summed E-state index contributed by atoms with van der Waals surface area (Å²) in [6, 6.07) is 13.1. The molecule has 152 valence electrons. The van der Waals surface area contributed by atoms with Gasteiger partial charge in [-0.2, -0.15) is 0 Å². The van der Waals surface area contributed by atoms with Crippen molar-refractivity contribution in [2.24, 2.45) is 0 Å². The van der Waals surface area contributed by atoms with Gasteiger partial charge in [0, 0.05) is 11.3 Å². The molecule has 0 bridgehead atoms. The SMILES string of the molecule is Cc1ccc(NC(=O)CS(=O)(=O)Cc2nc(-c3ccccc3C)oc2C)c(C)c1. The van der Waals surface area contributed by atoms with E-state index in [9.17, 15) is 13.2 Å². The van der Waals surface area contributed by atoms with Crippen LogP contribution in [0.3, 0.4) is 0 Å². The van der Waals surface area contributed by atoms with Crippen molar-refractivity contribution in [2.75, 3.05) is 11.1 Å². The Morgan fingerprint density at radius 3 is 2.45 bits per heavy atom. The predicted molar refractivity (Wildman–Crippen MR) is 113 cm³/mol. The smallest absolute Gasteiger partial charge is 0.239 e. The lowest BCUT2D eigenvalue weighted by atomic mass is 10.1. The standard InChI is InChI=1S/C22H24N2O4S/c1-14-9-10-19(16(3)11-14)23-21(25)13-29(26,27)12-20-17(4)28-22(24-20)18-8-6-5-7-15(18)2/h5-11H,12-13H2,1-4H3,(H,23,25). The van der Waals surface area contributed by atoms with Gasteiger partial charge in [-0.15, -0.1) is 0 Å². The van der Waals surface area contributed by atoms with Crippen molar-refractivity contribution in [1.29, 1.82) is 0 Å². The number of oxazole rings is 1. The highest BCUT2D eigenvalue weighted by atomic mass is 32.2. The summed E-state index contributed by atoms with van der Waals surface area (Å²) in [6.45, 7) is 7.43. The Balaban J connectivity index is 1.72. The van der Waals surface area contributed by atoms with Gasteiger partial charge in [-0.05, 0) is 51.0 Å². The summed E-state index contributed by atoms with van der Waals surface area (Å²) in [5.74, 6) is -0.731. The lowest BCUT2D eigenvalue weighted by Gasteiger charge is -2.09. The number of hydrogen-bond donors (Lipinski definition) is 1. The molecule has 1 heterocycles. The fraction of sp³-hybridized carbons (Fsp3) is 0.273. The Morgan fingerprint density at radius 1 is 1.03 bits per heavy atom. The average molecular weight is 413 g/mol. The minimum Gasteiger partial charge on any atom is -0.441 e. The van der Waals surface area contributed by atoms with Crippen LogP contribution in [0.15, 0.2) is 46.9 Å². The topological polar surface area (TPSA) is 89.3 Å². The van der Waals surface area contributed by atoms with Gasteiger partial charge in [-0.1, -0.05) is 35.9 Å². The van der Waals surface area contributed by atoms with Gasteiger partial charge in [0.05, 0.1) is 11.4 Å². The van der Waals surface area contributed by atoms with Gasteiger partial charge in [-0.3, -0.25) is 4.79 Å². The molecule has 0 spiro atoms. The first-order valence-corrected chi connectivity index (χ1v) is 11.1. The molecule has 2 aromatic carbocycles. The Labute approximate surface area is 170 Å². The second-order valence-electron chi connectivity index (χ2n) is 7.24. The highest BCUT2D eigenvalue weighted by Crippen LogP contribution is 2.25. The summed E-state index contributed by atoms with van der Waals surface area (Å²) in [5, 5.41) is 2.67. The molecule has 1 amide bonds. The number of rotatable bonds is 6. The van der Waals surface area contributed by atoms with E-state index in [1.54, 1.807) is 13.0 Å². The van der Waals surface area contributed by atoms with Crippen LogP contribution in [0, 0.1) is 27.7 Å². The number of carbonyl (C=O) groups is 1. The Hall–Kier alpha value is -2.93. The zero-order valence-corrected chi connectivity index (χ0v) is 17.8. The monoisotopic (exact) mass is 412 g/mol. The van der Waals surface area contributed by atoms with Gasteiger partial charge in [0.15, 0.2) is 9.84 Å². The van der Waals surface area contributed by atoms with E-state index in [0.29, 0.717) is 23.0 Å². The molecule has 3 aromatic rings. The van der Waals surface area contributed by atoms with Crippen molar-refractivity contribution in [3.63, 3.8) is 0 Å². The van der Waals surface area contributed by atoms with E-state index < -0.39 is 21.5 Å². The van der Waals surface area contributed by atoms with Crippen LogP contribution in [0.25, 0.3) is 11.5 Å². The van der Waals surface area contributed by atoms with Gasteiger partial charge in [0.1, 0.15) is 11.5 Å². The highest BCUT2D eigenvalue weighted by molar-refractivity contribution is 7.91. The maximum Gasteiger partial charge on any atom is 0.239 e. The zero-order chi connectivity index (χ0) is 21.2. The molecule has 0 atom stereocenters. The molecule has 1 aromatic heterocycles. The van der Waals surface area contributed by atoms with E-state index in [4.69, 9.17) is 4.42 Å². The molecule has 3 rings (SSSR count). The Morgan fingerprint density at radius 2 is 1.76 bits per heavy atom. The quantitative estimate of drug-likeness (QED) is 0.658. The van der Waals surface area contributed by atoms with Crippen LogP contribution in [0.4, 0.5) is 5.69 Å². The van der Waals surface area contributed by atoms with E-state index in [2.05, 4.69) is 10.3 Å². The van der Waals surface area contributed by atoms with E-state index in [1.807, 2.05) is 57.2 Å². The average Bonchev–Trinajstić information content (AvgIpc) is 2.97. The number of sulfone groups is 1. The third-order valence-electron chi connectivity index (χ3n) is 4.63. The fourth-order valence-corrected chi connectivity index (χ4v) is 4.35. The van der Waals surface area contributed by atoms with Gasteiger partial charge in [0.25, 0.3) is 0 Å². The van der Waals surface area contributed by atoms with Crippen LogP contribution in [-0.2, 0) is 20.4 Å². The molecule has 0 unspecified atom stereocenters. The van der Waals surface area contributed by atoms with Gasteiger partial charge >= 0.3 is 0 Å². The zero-order valence-electron chi connectivity index (χ0n) is 16.9. The summed E-state index contributed by atoms with van der Waals surface area (Å²) in [5.41, 5.74) is 4.67. The molecule has 0 saturated heterocycles. The number of anilines is 1. The molecular formula is C22H24N2O4S. The predicted octanol–water partition coefficient (Wildman–Crippen LogP) is 4.13. The number of aromatic nitrogens is 1. The number of hydrogen-bond acceptors (Lipinski definition) is 5. The minimum atomic E-state index is -3.71. The molecule has 0 fully saturated rings. The van der Waals surface area contributed by atoms with Crippen molar-refractivity contribution >= 4 is 21.4 Å². The van der Waals surface area contributed by atoms with Crippen molar-refractivity contribution in [1.82, 2.24) is 4.98 Å². The molecular weight excluding hydrogens is 388 g/mol. The number of carbonyl (C=O) groups excluding carboxylic acids is 1. The minimum absolute atomic E-state index is 0.322. The third-order valence-corrected chi connectivity index (χ3v) is 6.05. The molecule has 29 heavy (non-hydrogen) atoms. The van der Waals surface area contributed by atoms with Crippen LogP contribution in [-0.4, -0.2) is 25.1 Å². The molecule has 1 N–H and O–H groups in total. The summed E-state index contributed by atoms with van der Waals surface area (Å²) < 4.78 is 30.8. The van der Waals surface area contributed by atoms with Crippen LogP contribution >= 0.6 is 0 Å². The van der Waals surface area contributed by atoms with Crippen LogP contribution in [0.1, 0.15) is 28.1 Å². The van der Waals surface area contributed by atoms with Crippen molar-refractivity contribution in [2.45, 2.75) is 33.4 Å². The van der Waals surface area contributed by atoms with Crippen molar-refractivity contribution < 1.29 is 17.6 Å². The van der Waals surface area contributed by atoms with E-state index in [1.165, 1.54) is 0 Å². The van der Waals surface area contributed by atoms with E-state index in [0.717, 1.165) is 22.3 Å². The van der Waals surface area contributed by atoms with E-state index in [-0.39, 0.29) is 5.75 Å². The van der Waals surface area contributed by atoms with Crippen LogP contribution in [0.2, 0.25) is 0 Å². The Kier molecular flexibility index (Phi) is 5.88. The number of amides is 1. The first kappa shape index (κ1) is 20.8. The largest absolute Gasteiger partial charge is 0.441 e. The van der Waals surface area contributed by atoms with Crippen molar-refractivity contribution in [3.05, 3.63) is 70.6 Å². The maximum absolute atomic E-state index is 12.6. The third kappa shape index (κ3) is 5.12. The molecule has 0 saturated carbocycles. The molecule has 7 heteroatoms. The van der Waals surface area contributed by atoms with Crippen LogP contribution in [0.5, 0.6) is 0 Å². The fourth-order valence-electron chi connectivity index (χ4n) is 3.09. The number of benzene rings is 2. The first-order valence-electron chi connectivity index (χ1n) is 9.24. The molecule has 0 aliphatic heterocycles. The molecule has 6 nitrogen and oxygen atoms in total. The molecule has 0 radical (unpaired) electrons.